The van der Waals surface area contributed by atoms with Crippen LogP contribution in [0.4, 0.5) is 18.9 Å². The van der Waals surface area contributed by atoms with Gasteiger partial charge in [0.1, 0.15) is 5.75 Å². The predicted octanol–water partition coefficient (Wildman–Crippen LogP) is 4.18. The van der Waals surface area contributed by atoms with Gasteiger partial charge in [0.2, 0.25) is 0 Å². The van der Waals surface area contributed by atoms with Crippen LogP contribution in [0.3, 0.4) is 0 Å². The Morgan fingerprint density at radius 2 is 1.89 bits per heavy atom. The molecule has 200 valence electrons. The molecule has 0 bridgehead atoms. The molecule has 1 fully saturated rings. The maximum absolute atomic E-state index is 13.3. The number of nitrogens with zero attached hydrogens (tertiary/aromatic N) is 3. The highest BCUT2D eigenvalue weighted by Crippen LogP contribution is 2.28. The molecular formula is C27H34F3N5O2. The maximum Gasteiger partial charge on any atom is 0.422 e. The number of alkyl halides is 3. The number of nitrogens with one attached hydrogen (secondary N) is 1. The monoisotopic (exact) mass is 517 g/mol. The van der Waals surface area contributed by atoms with Gasteiger partial charge in [0.05, 0.1) is 6.04 Å². The number of allylic oxidation sites excluding steroid dienone is 1. The molecule has 0 spiro atoms. The molecule has 7 nitrogen and oxygen atoms in total. The Kier molecular flexibility index (Phi) is 9.20. The smallest absolute Gasteiger partial charge is 0.422 e. The molecule has 0 aliphatic carbocycles. The van der Waals surface area contributed by atoms with Gasteiger partial charge in [0.25, 0.3) is 5.91 Å². The first-order valence-electron chi connectivity index (χ1n) is 12.0. The lowest BCUT2D eigenvalue weighted by molar-refractivity contribution is -0.153. The SMILES string of the molecule is CN=CC(=CN)c1cc(OCC(F)(F)F)cc([C@@H](C)NC(=O)c2cc(N3CCN(C)CC3)ccc2C)c1. The number of benzene rings is 2. The van der Waals surface area contributed by atoms with Crippen LogP contribution in [0.2, 0.25) is 0 Å². The van der Waals surface area contributed by atoms with Crippen LogP contribution in [0.25, 0.3) is 5.57 Å². The van der Waals surface area contributed by atoms with Crippen molar-refractivity contribution in [1.29, 1.82) is 0 Å². The van der Waals surface area contributed by atoms with E-state index < -0.39 is 18.8 Å². The van der Waals surface area contributed by atoms with Crippen LogP contribution in [-0.4, -0.2) is 70.1 Å². The summed E-state index contributed by atoms with van der Waals surface area (Å²) in [6.07, 6.45) is -1.67. The molecule has 2 aromatic rings. The van der Waals surface area contributed by atoms with Gasteiger partial charge < -0.3 is 25.6 Å². The van der Waals surface area contributed by atoms with Gasteiger partial charge >= 0.3 is 6.18 Å². The summed E-state index contributed by atoms with van der Waals surface area (Å²) in [5, 5.41) is 2.98. The second kappa shape index (κ2) is 12.1. The highest BCUT2D eigenvalue weighted by Gasteiger charge is 2.28. The third kappa shape index (κ3) is 7.72. The van der Waals surface area contributed by atoms with E-state index in [0.717, 1.165) is 37.4 Å². The van der Waals surface area contributed by atoms with Crippen LogP contribution in [0.15, 0.2) is 47.6 Å². The van der Waals surface area contributed by atoms with E-state index in [1.807, 2.05) is 25.1 Å². The minimum atomic E-state index is -4.49. The van der Waals surface area contributed by atoms with Crippen molar-refractivity contribution in [2.24, 2.45) is 10.7 Å². The molecule has 1 saturated heterocycles. The van der Waals surface area contributed by atoms with Crippen molar-refractivity contribution in [3.05, 3.63) is 64.9 Å². The Morgan fingerprint density at radius 3 is 2.51 bits per heavy atom. The topological polar surface area (TPSA) is 83.2 Å². The Balaban J connectivity index is 1.85. The average molecular weight is 518 g/mol. The van der Waals surface area contributed by atoms with Crippen molar-refractivity contribution < 1.29 is 22.7 Å². The standard InChI is InChI=1S/C27H34F3N5O2/c1-18-5-6-23(35-9-7-34(4)8-10-35)14-25(18)26(36)33-19(2)20-11-21(22(15-31)16-32-3)13-24(12-20)37-17-27(28,29)30/h5-6,11-16,19H,7-10,17,31H2,1-4H3,(H,33,36)/t19-/m1/s1. The number of aryl methyl sites for hydroxylation is 1. The van der Waals surface area contributed by atoms with Crippen molar-refractivity contribution in [3.8, 4) is 5.75 Å². The second-order valence-electron chi connectivity index (χ2n) is 9.19. The number of rotatable bonds is 8. The number of anilines is 1. The third-order valence-corrected chi connectivity index (χ3v) is 6.29. The molecule has 0 radical (unpaired) electrons. The van der Waals surface area contributed by atoms with E-state index in [2.05, 4.69) is 27.2 Å². The first-order chi connectivity index (χ1) is 17.5. The van der Waals surface area contributed by atoms with Crippen LogP contribution in [0.1, 0.15) is 40.0 Å². The number of piperazine rings is 1. The summed E-state index contributed by atoms with van der Waals surface area (Å²) in [4.78, 5) is 21.8. The number of carbonyl (C=O) groups excluding carboxylic acids is 1. The number of likely N-dealkylation sites (N-methyl/N-ethyl adjacent to an activating group) is 1. The molecule has 0 aromatic heterocycles. The van der Waals surface area contributed by atoms with Crippen LogP contribution in [-0.2, 0) is 0 Å². The fourth-order valence-corrected chi connectivity index (χ4v) is 4.11. The number of nitrogens with two attached hydrogens (primary N) is 1. The number of ether oxygens (including phenoxy) is 1. The number of halogens is 3. The van der Waals surface area contributed by atoms with Crippen LogP contribution in [0, 0.1) is 6.92 Å². The number of hydrogen-bond donors (Lipinski definition) is 2. The molecule has 37 heavy (non-hydrogen) atoms. The number of hydrogen-bond acceptors (Lipinski definition) is 6. The van der Waals surface area contributed by atoms with Crippen LogP contribution >= 0.6 is 0 Å². The minimum absolute atomic E-state index is 0.0167. The fourth-order valence-electron chi connectivity index (χ4n) is 4.11. The lowest BCUT2D eigenvalue weighted by Crippen LogP contribution is -2.44. The quantitative estimate of drug-likeness (QED) is 0.514. The summed E-state index contributed by atoms with van der Waals surface area (Å²) < 4.78 is 43.4. The Morgan fingerprint density at radius 1 is 1.19 bits per heavy atom. The molecule has 10 heteroatoms. The Hall–Kier alpha value is -3.53. The van der Waals surface area contributed by atoms with Crippen molar-refractivity contribution >= 4 is 23.4 Å². The van der Waals surface area contributed by atoms with Gasteiger partial charge in [-0.15, -0.1) is 0 Å². The molecular weight excluding hydrogens is 483 g/mol. The van der Waals surface area contributed by atoms with E-state index in [0.29, 0.717) is 22.3 Å². The van der Waals surface area contributed by atoms with Gasteiger partial charge in [-0.2, -0.15) is 13.2 Å². The summed E-state index contributed by atoms with van der Waals surface area (Å²) in [6, 6.07) is 10.0. The highest BCUT2D eigenvalue weighted by molar-refractivity contribution is 6.09. The third-order valence-electron chi connectivity index (χ3n) is 6.29. The van der Waals surface area contributed by atoms with E-state index in [4.69, 9.17) is 10.5 Å². The zero-order valence-electron chi connectivity index (χ0n) is 21.6. The molecule has 1 aliphatic heterocycles. The number of carbonyl (C=O) groups is 1. The van der Waals surface area contributed by atoms with Crippen molar-refractivity contribution in [2.75, 3.05) is 51.8 Å². The molecule has 2 aromatic carbocycles. The first kappa shape index (κ1) is 28.0. The summed E-state index contributed by atoms with van der Waals surface area (Å²) in [6.45, 7) is 5.86. The molecule has 1 amide bonds. The normalized spacial score (nSPS) is 16.2. The zero-order chi connectivity index (χ0) is 27.2. The molecule has 0 saturated carbocycles. The highest BCUT2D eigenvalue weighted by atomic mass is 19.4. The van der Waals surface area contributed by atoms with Gasteiger partial charge in [-0.1, -0.05) is 6.07 Å². The lowest BCUT2D eigenvalue weighted by Gasteiger charge is -2.34. The first-order valence-corrected chi connectivity index (χ1v) is 12.0. The maximum atomic E-state index is 13.3. The zero-order valence-corrected chi connectivity index (χ0v) is 21.6. The summed E-state index contributed by atoms with van der Waals surface area (Å²) in [5.41, 5.74) is 9.69. The molecule has 0 unspecified atom stereocenters. The van der Waals surface area contributed by atoms with E-state index in [-0.39, 0.29) is 11.7 Å². The largest absolute Gasteiger partial charge is 0.484 e. The fraction of sp³-hybridized carbons (Fsp3) is 0.407. The molecule has 1 aliphatic rings. The summed E-state index contributed by atoms with van der Waals surface area (Å²) >= 11 is 0. The molecule has 3 N–H and O–H groups in total. The van der Waals surface area contributed by atoms with Gasteiger partial charge in [-0.25, -0.2) is 0 Å². The van der Waals surface area contributed by atoms with Crippen molar-refractivity contribution in [3.63, 3.8) is 0 Å². The van der Waals surface area contributed by atoms with Gasteiger partial charge in [-0.3, -0.25) is 9.79 Å². The Bertz CT molecular complexity index is 1160. The van der Waals surface area contributed by atoms with Gasteiger partial charge in [-0.05, 0) is 67.9 Å². The van der Waals surface area contributed by atoms with E-state index in [1.54, 1.807) is 20.0 Å². The van der Waals surface area contributed by atoms with Crippen molar-refractivity contribution in [1.82, 2.24) is 10.2 Å². The lowest BCUT2D eigenvalue weighted by atomic mass is 9.99. The van der Waals surface area contributed by atoms with E-state index in [9.17, 15) is 18.0 Å². The molecule has 3 rings (SSSR count). The number of amides is 1. The predicted molar refractivity (Wildman–Crippen MR) is 141 cm³/mol. The second-order valence-corrected chi connectivity index (χ2v) is 9.19. The van der Waals surface area contributed by atoms with E-state index in [1.165, 1.54) is 24.5 Å². The van der Waals surface area contributed by atoms with Crippen LogP contribution in [0.5, 0.6) is 5.75 Å². The Labute approximate surface area is 215 Å². The number of aliphatic imine (C=N–C) groups is 1. The molecule has 1 heterocycles. The van der Waals surface area contributed by atoms with Gasteiger partial charge in [0, 0.05) is 62.5 Å². The van der Waals surface area contributed by atoms with E-state index >= 15 is 0 Å². The van der Waals surface area contributed by atoms with Crippen molar-refractivity contribution in [2.45, 2.75) is 26.1 Å². The molecule has 1 atom stereocenters. The average Bonchev–Trinajstić information content (AvgIpc) is 2.86. The summed E-state index contributed by atoms with van der Waals surface area (Å²) in [5.74, 6) is -0.253. The minimum Gasteiger partial charge on any atom is -0.484 e. The van der Waals surface area contributed by atoms with Gasteiger partial charge in [0.15, 0.2) is 6.61 Å². The van der Waals surface area contributed by atoms with Crippen LogP contribution < -0.4 is 20.7 Å². The summed E-state index contributed by atoms with van der Waals surface area (Å²) in [7, 11) is 3.65.